The highest BCUT2D eigenvalue weighted by atomic mass is 16.5. The number of furan rings is 2. The zero-order chi connectivity index (χ0) is 38.2. The van der Waals surface area contributed by atoms with Gasteiger partial charge in [0.25, 0.3) is 0 Å². The van der Waals surface area contributed by atoms with Gasteiger partial charge in [-0.3, -0.25) is 0 Å². The number of para-hydroxylation sites is 5. The molecule has 0 amide bonds. The van der Waals surface area contributed by atoms with E-state index in [1.54, 1.807) is 0 Å². The quantitative estimate of drug-likeness (QED) is 0.170. The van der Waals surface area contributed by atoms with Crippen molar-refractivity contribution in [2.24, 2.45) is 0 Å². The molecule has 3 heterocycles. The van der Waals surface area contributed by atoms with Crippen molar-refractivity contribution in [1.29, 1.82) is 0 Å². The molecule has 0 radical (unpaired) electrons. The summed E-state index contributed by atoms with van der Waals surface area (Å²) in [6, 6.07) is 55.8. The van der Waals surface area contributed by atoms with Gasteiger partial charge in [-0.2, -0.15) is 0 Å². The number of allylic oxidation sites excluding steroid dienone is 7. The van der Waals surface area contributed by atoms with Gasteiger partial charge in [-0.05, 0) is 84.5 Å². The molecule has 0 saturated carbocycles. The van der Waals surface area contributed by atoms with E-state index in [4.69, 9.17) is 13.6 Å². The van der Waals surface area contributed by atoms with E-state index >= 15 is 0 Å². The van der Waals surface area contributed by atoms with Crippen LogP contribution < -0.4 is 9.64 Å². The van der Waals surface area contributed by atoms with E-state index in [1.807, 2.05) is 18.2 Å². The van der Waals surface area contributed by atoms with Gasteiger partial charge in [-0.25, -0.2) is 0 Å². The minimum atomic E-state index is 0.253. The highest BCUT2D eigenvalue weighted by molar-refractivity contribution is 6.10. The lowest BCUT2D eigenvalue weighted by atomic mass is 9.87. The van der Waals surface area contributed by atoms with E-state index in [-0.39, 0.29) is 5.92 Å². The number of fused-ring (bicyclic) bond motifs is 9. The van der Waals surface area contributed by atoms with Gasteiger partial charge in [0.05, 0.1) is 0 Å². The van der Waals surface area contributed by atoms with Crippen molar-refractivity contribution < 1.29 is 13.6 Å². The molecule has 1 unspecified atom stereocenters. The van der Waals surface area contributed by atoms with Gasteiger partial charge in [0.15, 0.2) is 0 Å². The second-order valence-corrected chi connectivity index (χ2v) is 15.4. The van der Waals surface area contributed by atoms with Crippen molar-refractivity contribution in [3.8, 4) is 16.9 Å². The lowest BCUT2D eigenvalue weighted by Crippen LogP contribution is -2.17. The summed E-state index contributed by atoms with van der Waals surface area (Å²) in [6.45, 7) is 0. The van der Waals surface area contributed by atoms with Gasteiger partial charge in [0, 0.05) is 66.8 Å². The molecule has 7 aromatic carbocycles. The molecular weight excluding hydrogens is 711 g/mol. The van der Waals surface area contributed by atoms with Crippen molar-refractivity contribution in [2.45, 2.75) is 25.2 Å². The lowest BCUT2D eigenvalue weighted by Gasteiger charge is -2.29. The Morgan fingerprint density at radius 3 is 1.86 bits per heavy atom. The molecule has 2 aliphatic carbocycles. The first-order chi connectivity index (χ1) is 28.7. The van der Waals surface area contributed by atoms with Crippen LogP contribution in [0.25, 0.3) is 66.2 Å². The third-order valence-electron chi connectivity index (χ3n) is 12.1. The second kappa shape index (κ2) is 13.1. The minimum absolute atomic E-state index is 0.253. The van der Waals surface area contributed by atoms with Crippen LogP contribution >= 0.6 is 0 Å². The molecule has 9 aromatic rings. The number of rotatable bonds is 6. The average Bonchev–Trinajstić information content (AvgIpc) is 3.99. The van der Waals surface area contributed by atoms with Gasteiger partial charge < -0.3 is 18.5 Å². The van der Waals surface area contributed by atoms with Crippen LogP contribution in [0.4, 0.5) is 11.4 Å². The molecule has 0 fully saturated rings. The first kappa shape index (κ1) is 32.9. The molecule has 2 aromatic heterocycles. The van der Waals surface area contributed by atoms with E-state index in [0.717, 1.165) is 120 Å². The number of benzene rings is 7. The van der Waals surface area contributed by atoms with Crippen LogP contribution in [0.2, 0.25) is 0 Å². The summed E-state index contributed by atoms with van der Waals surface area (Å²) in [4.78, 5) is 2.38. The summed E-state index contributed by atoms with van der Waals surface area (Å²) in [7, 11) is 0. The van der Waals surface area contributed by atoms with E-state index in [1.165, 1.54) is 11.1 Å². The maximum absolute atomic E-state index is 6.53. The largest absolute Gasteiger partial charge is 0.460 e. The third kappa shape index (κ3) is 5.22. The SMILES string of the molecule is C1=CC(c2ccc(N(C3=CCCC(c4cccc5c4oc4ccccc45)=C3)c3ccc(-c4cccc5c4oc4ccccc45)cc3)cc2)=C2Oc3ccccc3C2C1. The van der Waals surface area contributed by atoms with Crippen LogP contribution in [0.5, 0.6) is 5.75 Å². The number of hydrogen-bond donors (Lipinski definition) is 0. The minimum Gasteiger partial charge on any atom is -0.460 e. The summed E-state index contributed by atoms with van der Waals surface area (Å²) in [5.74, 6) is 2.27. The first-order valence-corrected chi connectivity index (χ1v) is 20.2. The zero-order valence-electron chi connectivity index (χ0n) is 31.7. The summed E-state index contributed by atoms with van der Waals surface area (Å²) in [5.41, 5.74) is 15.1. The van der Waals surface area contributed by atoms with E-state index in [2.05, 4.69) is 169 Å². The van der Waals surface area contributed by atoms with Crippen LogP contribution in [0.3, 0.4) is 0 Å². The van der Waals surface area contributed by atoms with E-state index in [0.29, 0.717) is 0 Å². The van der Waals surface area contributed by atoms with Gasteiger partial charge in [0.1, 0.15) is 33.8 Å². The Morgan fingerprint density at radius 2 is 1.14 bits per heavy atom. The Morgan fingerprint density at radius 1 is 0.534 bits per heavy atom. The molecule has 4 heteroatoms. The monoisotopic (exact) mass is 747 g/mol. The van der Waals surface area contributed by atoms with E-state index in [9.17, 15) is 0 Å². The first-order valence-electron chi connectivity index (χ1n) is 20.2. The molecule has 4 nitrogen and oxygen atoms in total. The molecule has 3 aliphatic rings. The zero-order valence-corrected chi connectivity index (χ0v) is 31.7. The average molecular weight is 748 g/mol. The number of anilines is 2. The van der Waals surface area contributed by atoms with E-state index < -0.39 is 0 Å². The van der Waals surface area contributed by atoms with Gasteiger partial charge in [0.2, 0.25) is 0 Å². The predicted octanol–water partition coefficient (Wildman–Crippen LogP) is 14.9. The van der Waals surface area contributed by atoms with Gasteiger partial charge in [-0.15, -0.1) is 0 Å². The molecule has 0 bridgehead atoms. The number of ether oxygens (including phenoxy) is 1. The third-order valence-corrected chi connectivity index (χ3v) is 12.1. The molecule has 12 rings (SSSR count). The maximum Gasteiger partial charge on any atom is 0.143 e. The van der Waals surface area contributed by atoms with Crippen LogP contribution in [-0.4, -0.2) is 0 Å². The Kier molecular flexibility index (Phi) is 7.45. The topological polar surface area (TPSA) is 38.8 Å². The molecular formula is C54H37NO3. The fraction of sp³-hybridized carbons (Fsp3) is 0.0741. The normalized spacial score (nSPS) is 16.1. The lowest BCUT2D eigenvalue weighted by molar-refractivity contribution is 0.429. The fourth-order valence-corrected chi connectivity index (χ4v) is 9.37. The molecule has 0 spiro atoms. The fourth-order valence-electron chi connectivity index (χ4n) is 9.37. The Hall–Kier alpha value is -7.30. The van der Waals surface area contributed by atoms with Crippen molar-refractivity contribution in [3.63, 3.8) is 0 Å². The second-order valence-electron chi connectivity index (χ2n) is 15.4. The molecule has 276 valence electrons. The molecule has 1 aliphatic heterocycles. The van der Waals surface area contributed by atoms with Crippen LogP contribution in [0.15, 0.2) is 202 Å². The summed E-state index contributed by atoms with van der Waals surface area (Å²) < 4.78 is 19.5. The Bertz CT molecular complexity index is 3220. The van der Waals surface area contributed by atoms with Crippen molar-refractivity contribution in [3.05, 3.63) is 210 Å². The number of nitrogens with zero attached hydrogens (tertiary/aromatic N) is 1. The van der Waals surface area contributed by atoms with Gasteiger partial charge in [-0.1, -0.05) is 133 Å². The standard InChI is InChI=1S/C54H37NO3/c1-4-22-49-43(13-1)46-19-8-16-40(52(46)56-49)34-25-29-37(30-26-34)55(38-31-27-35(28-32-38)41-17-9-20-47-44-14-2-5-23-50(44)57-53(41)47)39-12-7-11-36(33-39)42-18-10-21-48-45-15-3-6-24-51(45)58-54(42)48/h1-6,8-10,12-19,21-33,47H,7,11,20H2. The molecule has 58 heavy (non-hydrogen) atoms. The highest BCUT2D eigenvalue weighted by Crippen LogP contribution is 2.48. The van der Waals surface area contributed by atoms with Crippen LogP contribution in [0.1, 0.15) is 41.9 Å². The Balaban J connectivity index is 0.958. The predicted molar refractivity (Wildman–Crippen MR) is 237 cm³/mol. The maximum atomic E-state index is 6.53. The smallest absolute Gasteiger partial charge is 0.143 e. The van der Waals surface area contributed by atoms with Crippen LogP contribution in [-0.2, 0) is 0 Å². The Labute approximate surface area is 335 Å². The van der Waals surface area contributed by atoms with Gasteiger partial charge >= 0.3 is 0 Å². The number of hydrogen-bond acceptors (Lipinski definition) is 4. The molecule has 1 atom stereocenters. The van der Waals surface area contributed by atoms with Crippen LogP contribution in [0, 0.1) is 0 Å². The summed E-state index contributed by atoms with van der Waals surface area (Å²) in [6.07, 6.45) is 12.0. The molecule has 0 N–H and O–H groups in total. The van der Waals surface area contributed by atoms with Crippen molar-refractivity contribution in [1.82, 2.24) is 0 Å². The molecule has 0 saturated heterocycles. The van der Waals surface area contributed by atoms with Crippen molar-refractivity contribution >= 4 is 66.4 Å². The van der Waals surface area contributed by atoms with Crippen molar-refractivity contribution in [2.75, 3.05) is 4.90 Å². The summed E-state index contributed by atoms with van der Waals surface area (Å²) in [5, 5.41) is 4.56. The summed E-state index contributed by atoms with van der Waals surface area (Å²) >= 11 is 0. The highest BCUT2D eigenvalue weighted by Gasteiger charge is 2.33.